The second-order valence-corrected chi connectivity index (χ2v) is 7.53. The average Bonchev–Trinajstić information content (AvgIpc) is 2.84. The molecular weight excluding hydrogens is 330 g/mol. The molecule has 7 heteroatoms. The summed E-state index contributed by atoms with van der Waals surface area (Å²) < 4.78 is 0. The summed E-state index contributed by atoms with van der Waals surface area (Å²) >= 11 is 3.26. The molecule has 0 unspecified atom stereocenters. The van der Waals surface area contributed by atoms with Crippen LogP contribution >= 0.6 is 23.1 Å². The maximum atomic E-state index is 12.2. The summed E-state index contributed by atoms with van der Waals surface area (Å²) in [5, 5.41) is 6.09. The molecule has 2 heterocycles. The molecule has 0 saturated heterocycles. The average molecular weight is 347 g/mol. The Morgan fingerprint density at radius 2 is 2.09 bits per heavy atom. The van der Waals surface area contributed by atoms with Crippen molar-refractivity contribution in [3.63, 3.8) is 0 Å². The van der Waals surface area contributed by atoms with Gasteiger partial charge in [-0.3, -0.25) is 10.1 Å². The topological polar surface area (TPSA) is 84.2 Å². The first kappa shape index (κ1) is 15.9. The fourth-order valence-electron chi connectivity index (χ4n) is 2.57. The van der Waals surface area contributed by atoms with E-state index >= 15 is 0 Å². The molecule has 0 atom stereocenters. The standard InChI is InChI=1S/C16H17N3O2S2/c1-9-3-2-4-10(7-9)18-16(21)19-15-13(14(17)20)11-5-6-22-8-12(11)23-15/h2-4,7H,5-6,8H2,1H3,(H2,17,20)(H2,18,19,21). The number of fused-ring (bicyclic) bond motifs is 1. The lowest BCUT2D eigenvalue weighted by Gasteiger charge is -2.11. The second-order valence-electron chi connectivity index (χ2n) is 5.32. The highest BCUT2D eigenvalue weighted by Crippen LogP contribution is 2.39. The number of anilines is 2. The maximum absolute atomic E-state index is 12.2. The highest BCUT2D eigenvalue weighted by atomic mass is 32.2. The molecule has 0 fully saturated rings. The summed E-state index contributed by atoms with van der Waals surface area (Å²) in [5.74, 6) is 1.35. The van der Waals surface area contributed by atoms with Crippen molar-refractivity contribution >= 4 is 45.7 Å². The van der Waals surface area contributed by atoms with E-state index in [0.29, 0.717) is 16.3 Å². The zero-order chi connectivity index (χ0) is 16.4. The van der Waals surface area contributed by atoms with Gasteiger partial charge in [0.05, 0.1) is 5.56 Å². The number of nitrogens with two attached hydrogens (primary N) is 1. The smallest absolute Gasteiger partial charge is 0.324 e. The Kier molecular flexibility index (Phi) is 4.58. The van der Waals surface area contributed by atoms with Gasteiger partial charge in [0.1, 0.15) is 5.00 Å². The van der Waals surface area contributed by atoms with Gasteiger partial charge in [0.25, 0.3) is 5.91 Å². The van der Waals surface area contributed by atoms with Gasteiger partial charge >= 0.3 is 6.03 Å². The molecule has 0 spiro atoms. The summed E-state index contributed by atoms with van der Waals surface area (Å²) in [6.07, 6.45) is 0.815. The predicted octanol–water partition coefficient (Wildman–Crippen LogP) is 3.59. The van der Waals surface area contributed by atoms with Crippen molar-refractivity contribution in [1.82, 2.24) is 0 Å². The summed E-state index contributed by atoms with van der Waals surface area (Å²) in [7, 11) is 0. The molecule has 23 heavy (non-hydrogen) atoms. The van der Waals surface area contributed by atoms with Crippen LogP contribution in [0, 0.1) is 6.92 Å². The second kappa shape index (κ2) is 6.64. The largest absolute Gasteiger partial charge is 0.365 e. The molecule has 3 amide bonds. The summed E-state index contributed by atoms with van der Waals surface area (Å²) in [6, 6.07) is 7.16. The number of carbonyl (C=O) groups excluding carboxylic acids is 2. The summed E-state index contributed by atoms with van der Waals surface area (Å²) in [6.45, 7) is 1.96. The number of hydrogen-bond donors (Lipinski definition) is 3. The zero-order valence-corrected chi connectivity index (χ0v) is 14.3. The number of urea groups is 1. The molecule has 0 aliphatic carbocycles. The third-order valence-electron chi connectivity index (χ3n) is 3.57. The zero-order valence-electron chi connectivity index (χ0n) is 12.6. The molecule has 1 aromatic carbocycles. The first-order chi connectivity index (χ1) is 11.0. The molecule has 0 radical (unpaired) electrons. The number of thiophene rings is 1. The van der Waals surface area contributed by atoms with Crippen molar-refractivity contribution in [3.05, 3.63) is 45.8 Å². The molecule has 0 saturated carbocycles. The van der Waals surface area contributed by atoms with Crippen molar-refractivity contribution in [2.45, 2.75) is 19.1 Å². The monoisotopic (exact) mass is 347 g/mol. The number of rotatable bonds is 3. The molecule has 1 aromatic heterocycles. The minimum atomic E-state index is -0.486. The third-order valence-corrected chi connectivity index (χ3v) is 5.89. The van der Waals surface area contributed by atoms with E-state index in [0.717, 1.165) is 33.9 Å². The van der Waals surface area contributed by atoms with Crippen molar-refractivity contribution < 1.29 is 9.59 Å². The van der Waals surface area contributed by atoms with Crippen molar-refractivity contribution in [3.8, 4) is 0 Å². The van der Waals surface area contributed by atoms with Crippen LogP contribution in [-0.4, -0.2) is 17.7 Å². The van der Waals surface area contributed by atoms with Gasteiger partial charge in [-0.2, -0.15) is 11.8 Å². The molecule has 0 bridgehead atoms. The third kappa shape index (κ3) is 3.51. The minimum Gasteiger partial charge on any atom is -0.365 e. The quantitative estimate of drug-likeness (QED) is 0.793. The Bertz CT molecular complexity index is 771. The van der Waals surface area contributed by atoms with Crippen molar-refractivity contribution in [2.75, 3.05) is 16.4 Å². The van der Waals surface area contributed by atoms with Gasteiger partial charge in [-0.15, -0.1) is 11.3 Å². The normalized spacial score (nSPS) is 13.3. The van der Waals surface area contributed by atoms with E-state index in [2.05, 4.69) is 10.6 Å². The highest BCUT2D eigenvalue weighted by Gasteiger charge is 2.25. The van der Waals surface area contributed by atoms with Crippen molar-refractivity contribution in [2.24, 2.45) is 5.73 Å². The van der Waals surface area contributed by atoms with Crippen LogP contribution in [0.25, 0.3) is 0 Å². The molecule has 4 N–H and O–H groups in total. The van der Waals surface area contributed by atoms with E-state index in [1.807, 2.05) is 43.0 Å². The van der Waals surface area contributed by atoms with Crippen LogP contribution in [0.15, 0.2) is 24.3 Å². The van der Waals surface area contributed by atoms with Gasteiger partial charge in [-0.05, 0) is 42.4 Å². The van der Waals surface area contributed by atoms with Gasteiger partial charge in [0.15, 0.2) is 0 Å². The van der Waals surface area contributed by atoms with E-state index < -0.39 is 5.91 Å². The number of thioether (sulfide) groups is 1. The van der Waals surface area contributed by atoms with E-state index in [1.165, 1.54) is 11.3 Å². The molecule has 1 aliphatic heterocycles. The molecule has 2 aromatic rings. The molecule has 3 rings (SSSR count). The van der Waals surface area contributed by atoms with Crippen LogP contribution in [0.5, 0.6) is 0 Å². The van der Waals surface area contributed by atoms with Gasteiger partial charge in [-0.25, -0.2) is 4.79 Å². The fraction of sp³-hybridized carbons (Fsp3) is 0.250. The minimum absolute atomic E-state index is 0.371. The first-order valence-corrected chi connectivity index (χ1v) is 9.18. The van der Waals surface area contributed by atoms with E-state index in [4.69, 9.17) is 5.73 Å². The number of primary amides is 1. The van der Waals surface area contributed by atoms with Crippen LogP contribution in [-0.2, 0) is 12.2 Å². The molecule has 1 aliphatic rings. The van der Waals surface area contributed by atoms with Crippen LogP contribution in [0.4, 0.5) is 15.5 Å². The van der Waals surface area contributed by atoms with Gasteiger partial charge in [0, 0.05) is 16.3 Å². The fourth-order valence-corrected chi connectivity index (χ4v) is 4.95. The van der Waals surface area contributed by atoms with E-state index in [9.17, 15) is 9.59 Å². The van der Waals surface area contributed by atoms with E-state index in [1.54, 1.807) is 0 Å². The Balaban J connectivity index is 1.81. The SMILES string of the molecule is Cc1cccc(NC(=O)Nc2sc3c(c2C(N)=O)CCSC3)c1. The number of amides is 3. The Morgan fingerprint density at radius 3 is 2.83 bits per heavy atom. The van der Waals surface area contributed by atoms with E-state index in [-0.39, 0.29) is 6.03 Å². The lowest BCUT2D eigenvalue weighted by Crippen LogP contribution is -2.22. The summed E-state index contributed by atoms with van der Waals surface area (Å²) in [5.41, 5.74) is 8.74. The molecule has 5 nitrogen and oxygen atoms in total. The molecule has 120 valence electrons. The number of aryl methyl sites for hydroxylation is 1. The van der Waals surface area contributed by atoms with Crippen LogP contribution in [0.3, 0.4) is 0 Å². The van der Waals surface area contributed by atoms with Crippen LogP contribution in [0.1, 0.15) is 26.4 Å². The Labute approximate surface area is 142 Å². The Morgan fingerprint density at radius 1 is 1.26 bits per heavy atom. The lowest BCUT2D eigenvalue weighted by atomic mass is 10.1. The maximum Gasteiger partial charge on any atom is 0.324 e. The Hall–Kier alpha value is -1.99. The number of nitrogens with one attached hydrogen (secondary N) is 2. The van der Waals surface area contributed by atoms with Gasteiger partial charge in [-0.1, -0.05) is 12.1 Å². The lowest BCUT2D eigenvalue weighted by molar-refractivity contribution is 0.100. The highest BCUT2D eigenvalue weighted by molar-refractivity contribution is 7.98. The van der Waals surface area contributed by atoms with Crippen LogP contribution < -0.4 is 16.4 Å². The number of hydrogen-bond acceptors (Lipinski definition) is 4. The number of benzene rings is 1. The number of carbonyl (C=O) groups is 2. The van der Waals surface area contributed by atoms with Crippen LogP contribution in [0.2, 0.25) is 0 Å². The summed E-state index contributed by atoms with van der Waals surface area (Å²) in [4.78, 5) is 25.1. The first-order valence-electron chi connectivity index (χ1n) is 7.21. The van der Waals surface area contributed by atoms with Crippen molar-refractivity contribution in [1.29, 1.82) is 0 Å². The van der Waals surface area contributed by atoms with Gasteiger partial charge < -0.3 is 11.1 Å². The van der Waals surface area contributed by atoms with Gasteiger partial charge in [0.2, 0.25) is 0 Å². The predicted molar refractivity (Wildman–Crippen MR) is 96.5 cm³/mol. The molecular formula is C16H17N3O2S2.